The van der Waals surface area contributed by atoms with Crippen molar-refractivity contribution in [2.24, 2.45) is 23.5 Å². The molecule has 0 radical (unpaired) electrons. The first-order valence-corrected chi connectivity index (χ1v) is 11.7. The predicted octanol–water partition coefficient (Wildman–Crippen LogP) is 3.86. The lowest BCUT2D eigenvalue weighted by atomic mass is 9.48. The monoisotopic (exact) mass is 441 g/mol. The molecule has 1 aromatic rings. The largest absolute Gasteiger partial charge is 0.444 e. The lowest BCUT2D eigenvalue weighted by Gasteiger charge is -2.57. The van der Waals surface area contributed by atoms with Gasteiger partial charge in [-0.3, -0.25) is 9.59 Å². The Morgan fingerprint density at radius 1 is 1.03 bits per heavy atom. The molecule has 0 aliphatic heterocycles. The smallest absolute Gasteiger partial charge is 0.408 e. The van der Waals surface area contributed by atoms with E-state index in [0.29, 0.717) is 11.1 Å². The average Bonchev–Trinajstić information content (AvgIpc) is 2.65. The van der Waals surface area contributed by atoms with Crippen molar-refractivity contribution in [2.45, 2.75) is 82.8 Å². The molecular formula is C25H35N3O4. The first-order valence-electron chi connectivity index (χ1n) is 11.7. The standard InChI is InChI=1S/C25H35N3O4/c1-24(2,3)32-23(31)28-20(11-21(26)29)22(30)27-19-6-4-18(5-7-19)25-12-15-8-16(13-25)10-17(9-15)14-25/h4-7,15-17,20H,8-14H2,1-3H3,(H2,26,29)(H,27,30)(H,28,31)/t15?,16?,17?,20-,25?/m1/s1. The summed E-state index contributed by atoms with van der Waals surface area (Å²) in [5, 5.41) is 5.25. The Kier molecular flexibility index (Phi) is 5.94. The molecule has 0 spiro atoms. The van der Waals surface area contributed by atoms with Crippen molar-refractivity contribution in [3.63, 3.8) is 0 Å². The van der Waals surface area contributed by atoms with Gasteiger partial charge in [-0.1, -0.05) is 12.1 Å². The highest BCUT2D eigenvalue weighted by Crippen LogP contribution is 2.60. The van der Waals surface area contributed by atoms with Gasteiger partial charge in [0.1, 0.15) is 11.6 Å². The molecule has 4 saturated carbocycles. The molecule has 7 nitrogen and oxygen atoms in total. The van der Waals surface area contributed by atoms with Crippen LogP contribution in [-0.2, 0) is 19.7 Å². The number of nitrogens with two attached hydrogens (primary N) is 1. The van der Waals surface area contributed by atoms with Crippen molar-refractivity contribution in [3.8, 4) is 0 Å². The molecule has 7 heteroatoms. The number of carbonyl (C=O) groups is 3. The Bertz CT molecular complexity index is 852. The average molecular weight is 442 g/mol. The number of alkyl carbamates (subject to hydrolysis) is 1. The van der Waals surface area contributed by atoms with Crippen molar-refractivity contribution >= 4 is 23.6 Å². The van der Waals surface area contributed by atoms with Gasteiger partial charge >= 0.3 is 6.09 Å². The number of primary amides is 1. The van der Waals surface area contributed by atoms with E-state index in [4.69, 9.17) is 10.5 Å². The van der Waals surface area contributed by atoms with Gasteiger partial charge in [-0.05, 0) is 100 Å². The Morgan fingerprint density at radius 2 is 1.56 bits per heavy atom. The molecule has 0 heterocycles. The molecular weight excluding hydrogens is 406 g/mol. The van der Waals surface area contributed by atoms with Crippen LogP contribution in [0.5, 0.6) is 0 Å². The van der Waals surface area contributed by atoms with Crippen LogP contribution in [0.25, 0.3) is 0 Å². The molecule has 0 aromatic heterocycles. The molecule has 1 aromatic carbocycles. The van der Waals surface area contributed by atoms with E-state index in [0.717, 1.165) is 17.8 Å². The molecule has 5 rings (SSSR count). The third-order valence-corrected chi connectivity index (χ3v) is 7.22. The maximum atomic E-state index is 12.8. The second-order valence-electron chi connectivity index (χ2n) is 11.1. The van der Waals surface area contributed by atoms with Gasteiger partial charge in [0.25, 0.3) is 0 Å². The van der Waals surface area contributed by atoms with Crippen LogP contribution in [0.3, 0.4) is 0 Å². The van der Waals surface area contributed by atoms with E-state index in [1.807, 2.05) is 12.1 Å². The van der Waals surface area contributed by atoms with Crippen molar-refractivity contribution in [3.05, 3.63) is 29.8 Å². The minimum Gasteiger partial charge on any atom is -0.444 e. The topological polar surface area (TPSA) is 111 Å². The van der Waals surface area contributed by atoms with Gasteiger partial charge in [-0.25, -0.2) is 4.79 Å². The Labute approximate surface area is 189 Å². The first-order chi connectivity index (χ1) is 15.0. The van der Waals surface area contributed by atoms with Gasteiger partial charge in [0.05, 0.1) is 6.42 Å². The van der Waals surface area contributed by atoms with Crippen molar-refractivity contribution in [1.29, 1.82) is 0 Å². The number of nitrogens with one attached hydrogen (secondary N) is 2. The van der Waals surface area contributed by atoms with Crippen molar-refractivity contribution < 1.29 is 19.1 Å². The number of anilines is 1. The Morgan fingerprint density at radius 3 is 2.03 bits per heavy atom. The molecule has 1 atom stereocenters. The van der Waals surface area contributed by atoms with E-state index in [1.165, 1.54) is 44.1 Å². The summed E-state index contributed by atoms with van der Waals surface area (Å²) >= 11 is 0. The molecule has 0 unspecified atom stereocenters. The van der Waals surface area contributed by atoms with Gasteiger partial charge in [-0.15, -0.1) is 0 Å². The molecule has 174 valence electrons. The third-order valence-electron chi connectivity index (χ3n) is 7.22. The summed E-state index contributed by atoms with van der Waals surface area (Å²) in [5.41, 5.74) is 6.86. The van der Waals surface area contributed by atoms with E-state index < -0.39 is 29.6 Å². The third kappa shape index (κ3) is 5.08. The van der Waals surface area contributed by atoms with E-state index in [-0.39, 0.29) is 6.42 Å². The lowest BCUT2D eigenvalue weighted by Crippen LogP contribution is -2.48. The minimum absolute atomic E-state index is 0.296. The van der Waals surface area contributed by atoms with E-state index in [2.05, 4.69) is 22.8 Å². The van der Waals surface area contributed by atoms with Crippen LogP contribution in [0.15, 0.2) is 24.3 Å². The van der Waals surface area contributed by atoms with Crippen LogP contribution >= 0.6 is 0 Å². The number of hydrogen-bond acceptors (Lipinski definition) is 4. The highest BCUT2D eigenvalue weighted by Gasteiger charge is 2.51. The summed E-state index contributed by atoms with van der Waals surface area (Å²) in [6.07, 6.45) is 6.98. The maximum Gasteiger partial charge on any atom is 0.408 e. The lowest BCUT2D eigenvalue weighted by molar-refractivity contribution is -0.124. The molecule has 4 N–H and O–H groups in total. The second kappa shape index (κ2) is 8.41. The van der Waals surface area contributed by atoms with Crippen molar-refractivity contribution in [1.82, 2.24) is 5.32 Å². The Hall–Kier alpha value is -2.57. The van der Waals surface area contributed by atoms with E-state index in [1.54, 1.807) is 20.8 Å². The zero-order valence-electron chi connectivity index (χ0n) is 19.3. The summed E-state index contributed by atoms with van der Waals surface area (Å²) in [6, 6.07) is 6.99. The van der Waals surface area contributed by atoms with Gasteiger partial charge in [-0.2, -0.15) is 0 Å². The zero-order chi connectivity index (χ0) is 23.1. The second-order valence-corrected chi connectivity index (χ2v) is 11.1. The number of hydrogen-bond donors (Lipinski definition) is 3. The number of carbonyl (C=O) groups excluding carboxylic acids is 3. The summed E-state index contributed by atoms with van der Waals surface area (Å²) < 4.78 is 5.20. The van der Waals surface area contributed by atoms with Gasteiger partial charge in [0.2, 0.25) is 11.8 Å². The number of benzene rings is 1. The fraction of sp³-hybridized carbons (Fsp3) is 0.640. The van der Waals surface area contributed by atoms with Gasteiger partial charge in [0, 0.05) is 5.69 Å². The van der Waals surface area contributed by atoms with Crippen LogP contribution in [0.4, 0.5) is 10.5 Å². The summed E-state index contributed by atoms with van der Waals surface area (Å²) in [5.74, 6) is 1.42. The normalized spacial score (nSPS) is 29.3. The highest BCUT2D eigenvalue weighted by molar-refractivity contribution is 5.99. The van der Waals surface area contributed by atoms with Gasteiger partial charge in [0.15, 0.2) is 0 Å². The molecule has 4 fully saturated rings. The first kappa shape index (κ1) is 22.6. The molecule has 3 amide bonds. The van der Waals surface area contributed by atoms with Crippen LogP contribution in [0.2, 0.25) is 0 Å². The summed E-state index contributed by atoms with van der Waals surface area (Å²) in [4.78, 5) is 36.3. The Balaban J connectivity index is 1.42. The SMILES string of the molecule is CC(C)(C)OC(=O)N[C@H](CC(N)=O)C(=O)Nc1ccc(C23CC4CC(CC(C4)C2)C3)cc1. The van der Waals surface area contributed by atoms with Crippen LogP contribution in [0, 0.1) is 17.8 Å². The quantitative estimate of drug-likeness (QED) is 0.622. The molecule has 4 aliphatic carbocycles. The van der Waals surface area contributed by atoms with E-state index >= 15 is 0 Å². The summed E-state index contributed by atoms with van der Waals surface area (Å²) in [6.45, 7) is 5.17. The van der Waals surface area contributed by atoms with Gasteiger partial charge < -0.3 is 21.1 Å². The molecule has 4 bridgehead atoms. The molecule has 0 saturated heterocycles. The fourth-order valence-corrected chi connectivity index (χ4v) is 6.46. The molecule has 32 heavy (non-hydrogen) atoms. The number of ether oxygens (including phenoxy) is 1. The molecule has 4 aliphatic rings. The van der Waals surface area contributed by atoms with Crippen molar-refractivity contribution in [2.75, 3.05) is 5.32 Å². The minimum atomic E-state index is -1.11. The van der Waals surface area contributed by atoms with E-state index in [9.17, 15) is 14.4 Å². The maximum absolute atomic E-state index is 12.8. The van der Waals surface area contributed by atoms with Crippen LogP contribution in [0.1, 0.15) is 71.3 Å². The highest BCUT2D eigenvalue weighted by atomic mass is 16.6. The number of amides is 3. The predicted molar refractivity (Wildman–Crippen MR) is 122 cm³/mol. The van der Waals surface area contributed by atoms with Crippen LogP contribution < -0.4 is 16.4 Å². The number of rotatable bonds is 6. The zero-order valence-corrected chi connectivity index (χ0v) is 19.3. The fourth-order valence-electron chi connectivity index (χ4n) is 6.46. The van der Waals surface area contributed by atoms with Crippen LogP contribution in [-0.4, -0.2) is 29.6 Å². The summed E-state index contributed by atoms with van der Waals surface area (Å²) in [7, 11) is 0.